The number of hydrogen-bond acceptors (Lipinski definition) is 0. The van der Waals surface area contributed by atoms with Crippen LogP contribution in [0.3, 0.4) is 0 Å². The molecule has 0 aromatic rings. The highest BCUT2D eigenvalue weighted by Gasteiger charge is 2.23. The fourth-order valence-corrected chi connectivity index (χ4v) is 5.64. The van der Waals surface area contributed by atoms with Crippen molar-refractivity contribution in [3.8, 4) is 0 Å². The predicted molar refractivity (Wildman–Crippen MR) is 130 cm³/mol. The second-order valence-corrected chi connectivity index (χ2v) is 17.8. The van der Waals surface area contributed by atoms with Crippen molar-refractivity contribution in [1.82, 2.24) is 0 Å². The third-order valence-corrected chi connectivity index (χ3v) is 8.23. The van der Waals surface area contributed by atoms with Crippen molar-refractivity contribution in [1.29, 1.82) is 0 Å². The Morgan fingerprint density at radius 1 is 0.400 bits per heavy atom. The van der Waals surface area contributed by atoms with E-state index in [-0.39, 0.29) is 0 Å². The molecule has 0 aliphatic heterocycles. The zero-order valence-electron chi connectivity index (χ0n) is 16.2. The van der Waals surface area contributed by atoms with Gasteiger partial charge in [-0.15, -0.1) is 33.2 Å². The Hall–Kier alpha value is 1.82. The molecule has 0 unspecified atom stereocenters. The lowest BCUT2D eigenvalue weighted by molar-refractivity contribution is 0.527. The average molecular weight is 542 g/mol. The summed E-state index contributed by atoms with van der Waals surface area (Å²) in [5, 5.41) is 0. The quantitative estimate of drug-likeness (QED) is 0.0473. The molecule has 0 aliphatic rings. The van der Waals surface area contributed by atoms with Crippen molar-refractivity contribution in [2.24, 2.45) is 0 Å². The Morgan fingerprint density at radius 2 is 0.640 bits per heavy atom. The Kier molecular flexibility index (Phi) is 22.0. The minimum Gasteiger partial charge on any atom is -0.126 e. The van der Waals surface area contributed by atoms with Gasteiger partial charge in [-0.3, -0.25) is 0 Å². The van der Waals surface area contributed by atoms with E-state index in [1.165, 1.54) is 114 Å². The minimum atomic E-state index is -2.35. The monoisotopic (exact) mass is 540 g/mol. The van der Waals surface area contributed by atoms with Gasteiger partial charge < -0.3 is 0 Å². The summed E-state index contributed by atoms with van der Waals surface area (Å²) in [6.45, 7) is 0. The van der Waals surface area contributed by atoms with Crippen LogP contribution in [0.2, 0.25) is 6.04 Å². The molecular weight excluding hydrogens is 502 g/mol. The highest BCUT2D eigenvalue weighted by atomic mass is 127. The van der Waals surface area contributed by atoms with Crippen LogP contribution in [0.1, 0.15) is 116 Å². The average Bonchev–Trinajstić information content (AvgIpc) is 2.56. The molecule has 0 heterocycles. The molecule has 0 amide bonds. The molecule has 0 aliphatic carbocycles. The van der Waals surface area contributed by atoms with Gasteiger partial charge in [-0.05, 0) is 16.9 Å². The normalized spacial score (nSPS) is 12.0. The molecule has 0 saturated heterocycles. The van der Waals surface area contributed by atoms with E-state index in [9.17, 15) is 0 Å². The van der Waals surface area contributed by atoms with E-state index in [2.05, 4.69) is 22.6 Å². The third-order valence-electron chi connectivity index (χ3n) is 4.84. The molecule has 0 spiro atoms. The summed E-state index contributed by atoms with van der Waals surface area (Å²) in [5.41, 5.74) is 0. The number of halogens is 4. The Balaban J connectivity index is 3.01. The van der Waals surface area contributed by atoms with Crippen LogP contribution in [0.4, 0.5) is 0 Å². The smallest absolute Gasteiger partial charge is 0.126 e. The molecule has 25 heavy (non-hydrogen) atoms. The zero-order chi connectivity index (χ0) is 18.6. The first-order chi connectivity index (χ1) is 12.1. The Labute approximate surface area is 186 Å². The molecule has 0 nitrogen and oxygen atoms in total. The fourth-order valence-electron chi connectivity index (χ4n) is 3.25. The van der Waals surface area contributed by atoms with E-state index < -0.39 is 6.00 Å². The van der Waals surface area contributed by atoms with Crippen LogP contribution in [0, 0.1) is 0 Å². The number of rotatable bonds is 20. The Morgan fingerprint density at radius 3 is 0.880 bits per heavy atom. The summed E-state index contributed by atoms with van der Waals surface area (Å²) >= 11 is 20.1. The lowest BCUT2D eigenvalue weighted by Crippen LogP contribution is -2.07. The van der Waals surface area contributed by atoms with Gasteiger partial charge >= 0.3 is 6.00 Å². The van der Waals surface area contributed by atoms with Crippen LogP contribution < -0.4 is 0 Å². The second kappa shape index (κ2) is 20.5. The van der Waals surface area contributed by atoms with Crippen molar-refractivity contribution in [3.63, 3.8) is 0 Å². The molecule has 0 radical (unpaired) electrons. The van der Waals surface area contributed by atoms with Crippen LogP contribution in [0.5, 0.6) is 0 Å². The van der Waals surface area contributed by atoms with Gasteiger partial charge in [0, 0.05) is 0 Å². The molecule has 0 saturated carbocycles. The van der Waals surface area contributed by atoms with Crippen LogP contribution in [0.15, 0.2) is 0 Å². The van der Waals surface area contributed by atoms with Crippen LogP contribution in [-0.4, -0.2) is 10.4 Å². The number of alkyl halides is 1. The molecule has 5 heteroatoms. The van der Waals surface area contributed by atoms with Crippen molar-refractivity contribution >= 4 is 61.8 Å². The number of unbranched alkanes of at least 4 members (excludes halogenated alkanes) is 17. The van der Waals surface area contributed by atoms with Crippen molar-refractivity contribution in [2.75, 3.05) is 4.43 Å². The highest BCUT2D eigenvalue weighted by molar-refractivity contribution is 14.1. The van der Waals surface area contributed by atoms with Gasteiger partial charge in [-0.1, -0.05) is 132 Å². The number of hydrogen-bond donors (Lipinski definition) is 0. The minimum absolute atomic E-state index is 0.830. The summed E-state index contributed by atoms with van der Waals surface area (Å²) in [4.78, 5) is 0. The maximum Gasteiger partial charge on any atom is 0.341 e. The summed E-state index contributed by atoms with van der Waals surface area (Å²) in [5.74, 6) is 0. The molecular formula is C20H40Cl3ISi. The van der Waals surface area contributed by atoms with E-state index >= 15 is 0 Å². The zero-order valence-corrected chi connectivity index (χ0v) is 21.6. The van der Waals surface area contributed by atoms with E-state index in [0.717, 1.165) is 12.5 Å². The van der Waals surface area contributed by atoms with E-state index in [4.69, 9.17) is 33.2 Å². The highest BCUT2D eigenvalue weighted by Crippen LogP contribution is 2.27. The topological polar surface area (TPSA) is 0 Å². The van der Waals surface area contributed by atoms with Gasteiger partial charge in [0.15, 0.2) is 0 Å². The Bertz CT molecular complexity index is 260. The summed E-state index contributed by atoms with van der Waals surface area (Å²) < 4.78 is 1.33. The lowest BCUT2D eigenvalue weighted by atomic mass is 10.0. The molecule has 0 fully saturated rings. The molecule has 0 aromatic carbocycles. The largest absolute Gasteiger partial charge is 0.341 e. The van der Waals surface area contributed by atoms with Crippen LogP contribution >= 0.6 is 55.8 Å². The molecule has 0 rings (SSSR count). The van der Waals surface area contributed by atoms with Crippen LogP contribution in [0.25, 0.3) is 0 Å². The fraction of sp³-hybridized carbons (Fsp3) is 1.00. The lowest BCUT2D eigenvalue weighted by Gasteiger charge is -2.07. The van der Waals surface area contributed by atoms with E-state index in [0.29, 0.717) is 0 Å². The second-order valence-electron chi connectivity index (χ2n) is 7.42. The first-order valence-electron chi connectivity index (χ1n) is 10.7. The first kappa shape index (κ1) is 26.8. The maximum atomic E-state index is 5.88. The van der Waals surface area contributed by atoms with Gasteiger partial charge in [-0.25, -0.2) is 0 Å². The molecule has 152 valence electrons. The van der Waals surface area contributed by atoms with Gasteiger partial charge in [0.25, 0.3) is 0 Å². The van der Waals surface area contributed by atoms with Gasteiger partial charge in [0.2, 0.25) is 0 Å². The first-order valence-corrected chi connectivity index (χ1v) is 17.5. The standard InChI is InChI=1S/C20H40Cl3ISi/c21-25(22,23)20-18-16-14-12-10-8-6-4-2-1-3-5-7-9-11-13-15-17-19-24/h1-20H2. The predicted octanol–water partition coefficient (Wildman–Crippen LogP) is 10.1. The summed E-state index contributed by atoms with van der Waals surface area (Å²) in [6, 6.07) is -1.52. The van der Waals surface area contributed by atoms with Gasteiger partial charge in [0.05, 0.1) is 0 Å². The van der Waals surface area contributed by atoms with E-state index in [1.807, 2.05) is 0 Å². The van der Waals surface area contributed by atoms with E-state index in [1.54, 1.807) is 0 Å². The molecule has 0 N–H and O–H groups in total. The molecule has 0 aromatic heterocycles. The SMILES string of the molecule is Cl[Si](Cl)(Cl)CCCCCCCCCCCCCCCCCCCCI. The van der Waals surface area contributed by atoms with Gasteiger partial charge in [-0.2, -0.15) is 0 Å². The molecule has 0 bridgehead atoms. The van der Waals surface area contributed by atoms with Crippen LogP contribution in [-0.2, 0) is 0 Å². The van der Waals surface area contributed by atoms with Crippen molar-refractivity contribution in [2.45, 2.75) is 122 Å². The summed E-state index contributed by atoms with van der Waals surface area (Å²) in [7, 11) is 0. The van der Waals surface area contributed by atoms with Crippen molar-refractivity contribution in [3.05, 3.63) is 0 Å². The summed E-state index contributed by atoms with van der Waals surface area (Å²) in [6.07, 6.45) is 25.2. The van der Waals surface area contributed by atoms with Crippen molar-refractivity contribution < 1.29 is 0 Å². The van der Waals surface area contributed by atoms with Gasteiger partial charge in [0.1, 0.15) is 0 Å². The third kappa shape index (κ3) is 25.8. The molecule has 0 atom stereocenters. The maximum absolute atomic E-state index is 5.88.